The molecule has 0 unspecified atom stereocenters. The van der Waals surface area contributed by atoms with Crippen LogP contribution < -0.4 is 24.2 Å². The van der Waals surface area contributed by atoms with Gasteiger partial charge in [0.1, 0.15) is 5.82 Å². The van der Waals surface area contributed by atoms with E-state index in [2.05, 4.69) is 170 Å². The van der Waals surface area contributed by atoms with Crippen LogP contribution in [0.1, 0.15) is 51.3 Å². The Kier molecular flexibility index (Phi) is 8.55. The predicted octanol–water partition coefficient (Wildman–Crippen LogP) is 13.0. The first-order valence-electron chi connectivity index (χ1n) is 19.7. The van der Waals surface area contributed by atoms with Crippen molar-refractivity contribution >= 4 is 50.2 Å². The molecule has 8 aromatic rings. The van der Waals surface area contributed by atoms with Crippen LogP contribution in [-0.2, 0) is 31.9 Å². The summed E-state index contributed by atoms with van der Waals surface area (Å²) in [5.74, 6) is 3.72. The molecule has 7 nitrogen and oxygen atoms in total. The van der Waals surface area contributed by atoms with E-state index in [4.69, 9.17) is 14.5 Å². The van der Waals surface area contributed by atoms with E-state index >= 15 is 0 Å². The molecule has 294 valence electrons. The van der Waals surface area contributed by atoms with Gasteiger partial charge in [-0.1, -0.05) is 88.7 Å². The summed E-state index contributed by atoms with van der Waals surface area (Å²) in [5, 5.41) is 2.23. The van der Waals surface area contributed by atoms with E-state index in [0.29, 0.717) is 11.5 Å². The molecule has 0 amide bonds. The topological polar surface area (TPSA) is 46.0 Å². The fourth-order valence-electron chi connectivity index (χ4n) is 8.68. The van der Waals surface area contributed by atoms with Crippen LogP contribution in [0.4, 0.5) is 28.4 Å². The van der Waals surface area contributed by atoms with Gasteiger partial charge in [0.2, 0.25) is 0 Å². The van der Waals surface area contributed by atoms with Gasteiger partial charge in [-0.25, -0.2) is 4.98 Å². The number of hydrogen-bond donors (Lipinski definition) is 0. The van der Waals surface area contributed by atoms with Crippen LogP contribution in [0.2, 0.25) is 0 Å². The Morgan fingerprint density at radius 3 is 2.32 bits per heavy atom. The first-order chi connectivity index (χ1) is 28.1. The van der Waals surface area contributed by atoms with E-state index in [1.165, 1.54) is 22.4 Å². The van der Waals surface area contributed by atoms with Gasteiger partial charge in [-0.15, -0.1) is 48.1 Å². The van der Waals surface area contributed by atoms with Crippen molar-refractivity contribution in [3.8, 4) is 28.8 Å². The van der Waals surface area contributed by atoms with Crippen molar-refractivity contribution in [2.45, 2.75) is 45.4 Å². The van der Waals surface area contributed by atoms with E-state index in [1.807, 2.05) is 48.8 Å². The van der Waals surface area contributed by atoms with Gasteiger partial charge in [0.15, 0.2) is 11.5 Å². The summed E-state index contributed by atoms with van der Waals surface area (Å²) in [6.07, 6.45) is 6.00. The fraction of sp³-hybridized carbons (Fsp3) is 0.137. The van der Waals surface area contributed by atoms with Crippen molar-refractivity contribution in [2.75, 3.05) is 14.7 Å². The minimum atomic E-state index is -0.257. The van der Waals surface area contributed by atoms with E-state index in [-0.39, 0.29) is 31.9 Å². The van der Waals surface area contributed by atoms with Crippen LogP contribution in [0.15, 0.2) is 146 Å². The number of rotatable bonds is 5. The molecule has 59 heavy (non-hydrogen) atoms. The zero-order valence-electron chi connectivity index (χ0n) is 33.3. The Hall–Kier alpha value is -6.30. The van der Waals surface area contributed by atoms with Crippen molar-refractivity contribution in [2.24, 2.45) is 0 Å². The maximum absolute atomic E-state index is 6.66. The van der Waals surface area contributed by atoms with E-state index in [9.17, 15) is 0 Å². The third-order valence-electron chi connectivity index (χ3n) is 11.7. The summed E-state index contributed by atoms with van der Waals surface area (Å²) >= 11 is 0. The summed E-state index contributed by atoms with van der Waals surface area (Å²) in [7, 11) is 0. The molecule has 0 fully saturated rings. The van der Waals surface area contributed by atoms with Crippen LogP contribution in [-0.4, -0.2) is 9.55 Å². The fourth-order valence-corrected chi connectivity index (χ4v) is 8.68. The van der Waals surface area contributed by atoms with Crippen LogP contribution in [0.3, 0.4) is 0 Å². The third-order valence-corrected chi connectivity index (χ3v) is 11.7. The van der Waals surface area contributed by atoms with E-state index < -0.39 is 0 Å². The second-order valence-corrected chi connectivity index (χ2v) is 16.7. The Balaban J connectivity index is 0.00000420. The molecule has 0 atom stereocenters. The molecule has 0 saturated carbocycles. The van der Waals surface area contributed by atoms with Crippen LogP contribution in [0.5, 0.6) is 23.0 Å². The second-order valence-electron chi connectivity index (χ2n) is 16.7. The number of hydrogen-bond acceptors (Lipinski definition) is 6. The molecule has 0 bridgehead atoms. The smallest absolute Gasteiger partial charge is 0.153 e. The molecule has 6 aromatic carbocycles. The Morgan fingerprint density at radius 2 is 1.46 bits per heavy atom. The van der Waals surface area contributed by atoms with Crippen molar-refractivity contribution in [1.29, 1.82) is 0 Å². The number of fused-ring (bicyclic) bond motifs is 7. The predicted molar refractivity (Wildman–Crippen MR) is 233 cm³/mol. The van der Waals surface area contributed by atoms with Gasteiger partial charge in [-0.2, -0.15) is 12.1 Å². The number of pyridine rings is 1. The molecule has 3 aliphatic rings. The Morgan fingerprint density at radius 1 is 0.695 bits per heavy atom. The molecule has 0 N–H and O–H groups in total. The van der Waals surface area contributed by atoms with E-state index in [0.717, 1.165) is 61.9 Å². The van der Waals surface area contributed by atoms with Gasteiger partial charge in [0.25, 0.3) is 0 Å². The quantitative estimate of drug-likeness (QED) is 0.160. The van der Waals surface area contributed by atoms with Crippen molar-refractivity contribution in [3.05, 3.63) is 181 Å². The third kappa shape index (κ3) is 5.93. The Labute approximate surface area is 359 Å². The van der Waals surface area contributed by atoms with Crippen LogP contribution in [0.25, 0.3) is 27.6 Å². The number of nitrogens with zero attached hydrogens (tertiary/aromatic N) is 5. The molecular weight excluding hydrogens is 910 g/mol. The van der Waals surface area contributed by atoms with Gasteiger partial charge < -0.3 is 28.7 Å². The molecule has 0 radical (unpaired) electrons. The average molecular weight is 950 g/mol. The molecule has 8 heteroatoms. The minimum Gasteiger partial charge on any atom is -0.509 e. The number of para-hydroxylation sites is 4. The van der Waals surface area contributed by atoms with Gasteiger partial charge in [0.05, 0.1) is 17.1 Å². The monoisotopic (exact) mass is 949 g/mol. The molecule has 0 aliphatic carbocycles. The van der Waals surface area contributed by atoms with Crippen molar-refractivity contribution in [1.82, 2.24) is 9.55 Å². The molecule has 2 aromatic heterocycles. The molecule has 11 rings (SSSR count). The summed E-state index contributed by atoms with van der Waals surface area (Å²) in [5.41, 5.74) is 10.6. The van der Waals surface area contributed by atoms with Gasteiger partial charge in [-0.3, -0.25) is 0 Å². The molecule has 5 heterocycles. The van der Waals surface area contributed by atoms with Gasteiger partial charge in [-0.05, 0) is 82.4 Å². The minimum absolute atomic E-state index is 0. The molecule has 3 aliphatic heterocycles. The summed E-state index contributed by atoms with van der Waals surface area (Å²) in [6.45, 7) is 13.3. The van der Waals surface area contributed by atoms with Gasteiger partial charge >= 0.3 is 0 Å². The number of ether oxygens (including phenoxy) is 2. The number of anilines is 5. The molecular formula is C51H40N5O2Pt-3. The first-order valence-corrected chi connectivity index (χ1v) is 19.7. The summed E-state index contributed by atoms with van der Waals surface area (Å²) < 4.78 is 15.4. The van der Waals surface area contributed by atoms with Crippen LogP contribution in [0, 0.1) is 18.8 Å². The van der Waals surface area contributed by atoms with Crippen LogP contribution >= 0.6 is 0 Å². The maximum Gasteiger partial charge on any atom is 0.153 e. The summed E-state index contributed by atoms with van der Waals surface area (Å²) in [6, 6.07) is 51.2. The average Bonchev–Trinajstić information content (AvgIpc) is 3.86. The van der Waals surface area contributed by atoms with Crippen molar-refractivity contribution < 1.29 is 30.5 Å². The zero-order valence-corrected chi connectivity index (χ0v) is 35.6. The second kappa shape index (κ2) is 13.6. The van der Waals surface area contributed by atoms with Crippen molar-refractivity contribution in [3.63, 3.8) is 0 Å². The molecule has 0 spiro atoms. The number of aromatic nitrogens is 2. The zero-order chi connectivity index (χ0) is 39.3. The van der Waals surface area contributed by atoms with E-state index in [1.54, 1.807) is 0 Å². The summed E-state index contributed by atoms with van der Waals surface area (Å²) in [4.78, 5) is 11.4. The standard InChI is InChI=1S/C51H40N5O2.Pt/c1-50(2,3)33-23-24-52-48(27-33)55-42-17-8-6-15-38(42)39-22-21-37(31-45(39)55)57-36-14-12-13-34(28-36)53-25-26-54(32-53)35-29-41-49-47(30-35)58-46-20-11-10-19-44(46)56(49)43-18-9-7-16-40(43)51(41,4)5;/h6-27,29-30,32H,1-5H3;/q-3;. The largest absolute Gasteiger partial charge is 0.509 e. The number of benzene rings is 6. The Bertz CT molecular complexity index is 3000. The normalized spacial score (nSPS) is 14.8. The maximum atomic E-state index is 6.66. The SMILES string of the molecule is CC(C)(C)c1ccnc(-n2c3[c-]c(Oc4[c-]c(N5C=CN(c6cc7c8c(c6)C(C)(C)c6ccccc6N8c6ccccc6O7)[CH-]5)ccc4)ccc3c3ccccc32)c1.[Pt]. The first kappa shape index (κ1) is 37.0. The molecule has 0 saturated heterocycles. The van der Waals surface area contributed by atoms with Gasteiger partial charge in [0, 0.05) is 61.4 Å².